The van der Waals surface area contributed by atoms with E-state index in [2.05, 4.69) is 9.97 Å². The van der Waals surface area contributed by atoms with Crippen molar-refractivity contribution in [2.45, 2.75) is 45.4 Å². The van der Waals surface area contributed by atoms with E-state index < -0.39 is 29.1 Å². The number of phenolic OH excluding ortho intramolecular Hbond substituents is 1. The van der Waals surface area contributed by atoms with Crippen LogP contribution in [0.1, 0.15) is 27.7 Å². The molecule has 0 spiro atoms. The summed E-state index contributed by atoms with van der Waals surface area (Å²) in [6.45, 7) is 8.04. The number of carbonyl (C=O) groups excluding carboxylic acids is 1. The highest BCUT2D eigenvalue weighted by molar-refractivity contribution is 6.36. The number of aromatic hydroxyl groups is 1. The number of hydrogen-bond acceptors (Lipinski definition) is 7. The SMILES string of the molecule is C[C@@H]1CN2c3ncnc4c(F)c(-c5c(O)cccc5F)c(Cl)c(c34)OC[C@@H]2CN1C(=O)OC(C)(C)C. The zero-order valence-corrected chi connectivity index (χ0v) is 20.9. The van der Waals surface area contributed by atoms with Crippen LogP contribution in [0.3, 0.4) is 0 Å². The third-order valence-corrected chi connectivity index (χ3v) is 6.66. The van der Waals surface area contributed by atoms with E-state index in [0.717, 1.165) is 6.07 Å². The largest absolute Gasteiger partial charge is 0.507 e. The number of anilines is 1. The first kappa shape index (κ1) is 24.3. The fraction of sp³-hybridized carbons (Fsp3) is 0.400. The van der Waals surface area contributed by atoms with E-state index >= 15 is 4.39 Å². The molecule has 2 aliphatic heterocycles. The summed E-state index contributed by atoms with van der Waals surface area (Å²) in [6.07, 6.45) is 0.780. The Morgan fingerprint density at radius 1 is 1.22 bits per heavy atom. The summed E-state index contributed by atoms with van der Waals surface area (Å²) in [7, 11) is 0. The second kappa shape index (κ2) is 8.62. The summed E-state index contributed by atoms with van der Waals surface area (Å²) >= 11 is 6.63. The standard InChI is InChI=1S/C25H25ClF2N4O4/c1-12-8-32-13(9-31(12)24(34)36-25(2,3)4)10-35-22-18-21(29-11-30-23(18)32)20(28)17(19(22)26)16-14(27)6-5-7-15(16)33/h5-7,11-13,33H,8-10H2,1-4H3/t12-,13+/m1/s1. The fourth-order valence-corrected chi connectivity index (χ4v) is 5.04. The molecule has 1 amide bonds. The van der Waals surface area contributed by atoms with Crippen LogP contribution in [0.25, 0.3) is 22.0 Å². The van der Waals surface area contributed by atoms with Gasteiger partial charge in [0.2, 0.25) is 0 Å². The van der Waals surface area contributed by atoms with Crippen LogP contribution >= 0.6 is 11.6 Å². The topological polar surface area (TPSA) is 88.0 Å². The quantitative estimate of drug-likeness (QED) is 0.477. The van der Waals surface area contributed by atoms with Crippen LogP contribution in [-0.2, 0) is 4.74 Å². The molecule has 2 aromatic carbocycles. The van der Waals surface area contributed by atoms with Gasteiger partial charge in [0.05, 0.1) is 22.0 Å². The van der Waals surface area contributed by atoms with Crippen LogP contribution in [-0.4, -0.2) is 63.4 Å². The molecule has 11 heteroatoms. The number of halogens is 3. The Labute approximate surface area is 211 Å². The number of rotatable bonds is 1. The summed E-state index contributed by atoms with van der Waals surface area (Å²) in [5.41, 5.74) is -1.49. The molecule has 1 fully saturated rings. The molecular formula is C25H25ClF2N4O4. The van der Waals surface area contributed by atoms with Crippen LogP contribution in [0.15, 0.2) is 24.5 Å². The molecule has 2 aliphatic rings. The number of hydrogen-bond donors (Lipinski definition) is 1. The van der Waals surface area contributed by atoms with Crippen molar-refractivity contribution in [3.63, 3.8) is 0 Å². The molecule has 0 bridgehead atoms. The monoisotopic (exact) mass is 518 g/mol. The molecule has 0 saturated carbocycles. The maximum Gasteiger partial charge on any atom is 0.410 e. The van der Waals surface area contributed by atoms with Crippen molar-refractivity contribution >= 4 is 34.4 Å². The summed E-state index contributed by atoms with van der Waals surface area (Å²) in [5, 5.41) is 10.4. The first-order valence-electron chi connectivity index (χ1n) is 11.5. The third-order valence-electron chi connectivity index (χ3n) is 6.30. The Kier molecular flexibility index (Phi) is 5.82. The van der Waals surface area contributed by atoms with E-state index in [1.165, 1.54) is 18.5 Å². The van der Waals surface area contributed by atoms with Gasteiger partial charge in [0, 0.05) is 24.7 Å². The van der Waals surface area contributed by atoms with Crippen molar-refractivity contribution in [3.05, 3.63) is 41.2 Å². The molecule has 2 atom stereocenters. The Morgan fingerprint density at radius 2 is 1.97 bits per heavy atom. The van der Waals surface area contributed by atoms with Gasteiger partial charge in [-0.05, 0) is 39.8 Å². The number of phenols is 1. The van der Waals surface area contributed by atoms with Crippen LogP contribution in [0.2, 0.25) is 5.02 Å². The second-order valence-electron chi connectivity index (χ2n) is 9.99. The number of benzene rings is 2. The lowest BCUT2D eigenvalue weighted by Gasteiger charge is -2.44. The van der Waals surface area contributed by atoms with Crippen molar-refractivity contribution in [2.24, 2.45) is 0 Å². The number of fused-ring (bicyclic) bond motifs is 2. The van der Waals surface area contributed by atoms with Crippen LogP contribution in [0, 0.1) is 11.6 Å². The first-order chi connectivity index (χ1) is 17.0. The Morgan fingerprint density at radius 3 is 2.67 bits per heavy atom. The summed E-state index contributed by atoms with van der Waals surface area (Å²) in [4.78, 5) is 25.0. The maximum atomic E-state index is 15.9. The molecule has 0 unspecified atom stereocenters. The average Bonchev–Trinajstić information content (AvgIpc) is 2.95. The van der Waals surface area contributed by atoms with Gasteiger partial charge in [0.15, 0.2) is 11.6 Å². The predicted octanol–water partition coefficient (Wildman–Crippen LogP) is 5.14. The van der Waals surface area contributed by atoms with E-state index in [9.17, 15) is 14.3 Å². The van der Waals surface area contributed by atoms with Gasteiger partial charge < -0.3 is 24.4 Å². The molecule has 3 aromatic rings. The molecular weight excluding hydrogens is 494 g/mol. The summed E-state index contributed by atoms with van der Waals surface area (Å²) < 4.78 is 42.2. The molecule has 0 radical (unpaired) electrons. The molecule has 5 rings (SSSR count). The van der Waals surface area contributed by atoms with E-state index in [1.54, 1.807) is 25.7 Å². The predicted molar refractivity (Wildman–Crippen MR) is 131 cm³/mol. The van der Waals surface area contributed by atoms with Gasteiger partial charge in [-0.1, -0.05) is 17.7 Å². The first-order valence-corrected chi connectivity index (χ1v) is 11.9. The molecule has 1 N–H and O–H groups in total. The van der Waals surface area contributed by atoms with Gasteiger partial charge in [-0.3, -0.25) is 0 Å². The van der Waals surface area contributed by atoms with Crippen molar-refractivity contribution in [1.29, 1.82) is 0 Å². The van der Waals surface area contributed by atoms with Gasteiger partial charge in [-0.2, -0.15) is 0 Å². The van der Waals surface area contributed by atoms with E-state index in [1.807, 2.05) is 11.8 Å². The number of carbonyl (C=O) groups is 1. The Hall–Kier alpha value is -3.40. The number of ether oxygens (including phenoxy) is 2. The lowest BCUT2D eigenvalue weighted by atomic mass is 10.00. The second-order valence-corrected chi connectivity index (χ2v) is 10.4. The molecule has 8 nitrogen and oxygen atoms in total. The lowest BCUT2D eigenvalue weighted by molar-refractivity contribution is 0.0109. The number of piperazine rings is 1. The zero-order chi connectivity index (χ0) is 25.9. The molecule has 1 saturated heterocycles. The lowest BCUT2D eigenvalue weighted by Crippen LogP contribution is -2.61. The number of amides is 1. The third kappa shape index (κ3) is 3.93. The van der Waals surface area contributed by atoms with Crippen molar-refractivity contribution in [3.8, 4) is 22.6 Å². The molecule has 36 heavy (non-hydrogen) atoms. The minimum Gasteiger partial charge on any atom is -0.507 e. The van der Waals surface area contributed by atoms with E-state index in [-0.39, 0.29) is 58.0 Å². The molecule has 3 heterocycles. The summed E-state index contributed by atoms with van der Waals surface area (Å²) in [6, 6.07) is 3.07. The van der Waals surface area contributed by atoms with Crippen LogP contribution in [0.5, 0.6) is 11.5 Å². The highest BCUT2D eigenvalue weighted by Crippen LogP contribution is 2.49. The van der Waals surface area contributed by atoms with Gasteiger partial charge in [-0.25, -0.2) is 23.5 Å². The Bertz CT molecular complexity index is 1360. The van der Waals surface area contributed by atoms with Gasteiger partial charge in [0.1, 0.15) is 41.4 Å². The number of nitrogens with zero attached hydrogens (tertiary/aromatic N) is 4. The average molecular weight is 519 g/mol. The minimum atomic E-state index is -0.898. The maximum absolute atomic E-state index is 15.9. The molecule has 0 aliphatic carbocycles. The van der Waals surface area contributed by atoms with Crippen molar-refractivity contribution < 1.29 is 28.2 Å². The van der Waals surface area contributed by atoms with E-state index in [4.69, 9.17) is 21.1 Å². The van der Waals surface area contributed by atoms with Gasteiger partial charge in [0.25, 0.3) is 0 Å². The fourth-order valence-electron chi connectivity index (χ4n) is 4.72. The minimum absolute atomic E-state index is 0.0888. The number of aromatic nitrogens is 2. The normalized spacial score (nSPS) is 19.5. The van der Waals surface area contributed by atoms with Crippen molar-refractivity contribution in [2.75, 3.05) is 24.6 Å². The van der Waals surface area contributed by atoms with Crippen LogP contribution in [0.4, 0.5) is 19.4 Å². The Balaban J connectivity index is 1.63. The molecule has 1 aromatic heterocycles. The zero-order valence-electron chi connectivity index (χ0n) is 20.2. The highest BCUT2D eigenvalue weighted by Gasteiger charge is 2.41. The highest BCUT2D eigenvalue weighted by atomic mass is 35.5. The molecule has 190 valence electrons. The summed E-state index contributed by atoms with van der Waals surface area (Å²) in [5.74, 6) is -1.72. The van der Waals surface area contributed by atoms with E-state index in [0.29, 0.717) is 12.4 Å². The van der Waals surface area contributed by atoms with Crippen LogP contribution < -0.4 is 9.64 Å². The van der Waals surface area contributed by atoms with Gasteiger partial charge >= 0.3 is 6.09 Å². The van der Waals surface area contributed by atoms with Gasteiger partial charge in [-0.15, -0.1) is 0 Å². The smallest absolute Gasteiger partial charge is 0.410 e. The van der Waals surface area contributed by atoms with Crippen molar-refractivity contribution in [1.82, 2.24) is 14.9 Å².